The third kappa shape index (κ3) is 3.41. The lowest BCUT2D eigenvalue weighted by atomic mass is 9.94. The summed E-state index contributed by atoms with van der Waals surface area (Å²) in [5, 5.41) is 3.06. The number of nitrogens with two attached hydrogens (primary N) is 1. The van der Waals surface area contributed by atoms with E-state index in [-0.39, 0.29) is 14.1 Å². The van der Waals surface area contributed by atoms with Gasteiger partial charge in [0.25, 0.3) is 0 Å². The molecule has 0 radical (unpaired) electrons. The quantitative estimate of drug-likeness (QED) is 0.611. The molecule has 2 amide bonds. The van der Waals surface area contributed by atoms with Gasteiger partial charge in [-0.3, -0.25) is 9.59 Å². The van der Waals surface area contributed by atoms with E-state index in [9.17, 15) is 9.59 Å². The molecule has 2 aliphatic rings. The minimum absolute atomic E-state index is 0. The molecule has 7 heteroatoms. The summed E-state index contributed by atoms with van der Waals surface area (Å²) in [6, 6.07) is 18.1. The molecule has 1 aliphatic carbocycles. The maximum Gasteiger partial charge on any atom is 0.248 e. The van der Waals surface area contributed by atoms with Crippen LogP contribution in [0.4, 0.5) is 5.69 Å². The Labute approximate surface area is 186 Å². The number of amides is 2. The number of ether oxygens (including phenoxy) is 3. The average Bonchev–Trinajstić information content (AvgIpc) is 3.50. The van der Waals surface area contributed by atoms with Gasteiger partial charge in [-0.05, 0) is 66.4 Å². The number of rotatable bonds is 6. The van der Waals surface area contributed by atoms with Crippen LogP contribution in [0.3, 0.4) is 0 Å². The highest BCUT2D eigenvalue weighted by molar-refractivity contribution is 6.02. The van der Waals surface area contributed by atoms with Crippen molar-refractivity contribution in [3.63, 3.8) is 0 Å². The summed E-state index contributed by atoms with van der Waals surface area (Å²) in [5.41, 5.74) is 8.44. The highest BCUT2D eigenvalue weighted by atomic mass is 16.7. The van der Waals surface area contributed by atoms with E-state index in [1.165, 1.54) is 0 Å². The summed E-state index contributed by atoms with van der Waals surface area (Å²) in [6.07, 6.45) is 1.55. The van der Waals surface area contributed by atoms with Gasteiger partial charge in [-0.25, -0.2) is 0 Å². The van der Waals surface area contributed by atoms with E-state index in [4.69, 9.17) is 19.9 Å². The van der Waals surface area contributed by atoms with Gasteiger partial charge in [0.1, 0.15) is 5.75 Å². The molecule has 1 heterocycles. The Morgan fingerprint density at radius 1 is 1.00 bits per heavy atom. The standard InChI is InChI=1S/C25H22N2O5.H2/c1-30-20-9-7-18(13-19(20)15-2-4-16(5-3-15)23(26)28)27-24(29)25(10-11-25)17-6-8-21-22(12-17)32-14-31-21;/h2-9,12-13H,10-11,14H2,1H3,(H2,26,28)(H,27,29);1H. The maximum absolute atomic E-state index is 13.3. The van der Waals surface area contributed by atoms with E-state index in [0.29, 0.717) is 28.5 Å². The predicted octanol–water partition coefficient (Wildman–Crippen LogP) is 4.11. The fourth-order valence-corrected chi connectivity index (χ4v) is 4.04. The normalized spacial score (nSPS) is 15.2. The molecule has 0 aromatic heterocycles. The van der Waals surface area contributed by atoms with Crippen LogP contribution in [0.2, 0.25) is 0 Å². The van der Waals surface area contributed by atoms with Gasteiger partial charge in [0.2, 0.25) is 18.6 Å². The van der Waals surface area contributed by atoms with Crippen molar-refractivity contribution in [1.29, 1.82) is 0 Å². The fraction of sp³-hybridized carbons (Fsp3) is 0.200. The molecule has 0 unspecified atom stereocenters. The number of primary amides is 1. The molecular weight excluding hydrogens is 408 g/mol. The zero-order valence-corrected chi connectivity index (χ0v) is 17.5. The fourth-order valence-electron chi connectivity index (χ4n) is 4.04. The van der Waals surface area contributed by atoms with Gasteiger partial charge in [-0.15, -0.1) is 0 Å². The first-order chi connectivity index (χ1) is 15.5. The van der Waals surface area contributed by atoms with Gasteiger partial charge in [-0.2, -0.15) is 0 Å². The number of carbonyl (C=O) groups is 2. The smallest absolute Gasteiger partial charge is 0.248 e. The van der Waals surface area contributed by atoms with E-state index in [1.807, 2.05) is 36.4 Å². The Balaban J connectivity index is 0.00000259. The number of hydrogen-bond acceptors (Lipinski definition) is 5. The minimum atomic E-state index is -0.565. The second-order valence-electron chi connectivity index (χ2n) is 7.96. The van der Waals surface area contributed by atoms with Crippen LogP contribution < -0.4 is 25.3 Å². The van der Waals surface area contributed by atoms with E-state index in [2.05, 4.69) is 5.32 Å². The lowest BCUT2D eigenvalue weighted by Crippen LogP contribution is -2.27. The first kappa shape index (κ1) is 19.9. The van der Waals surface area contributed by atoms with E-state index < -0.39 is 11.3 Å². The SMILES string of the molecule is COc1ccc(NC(=O)C2(c3ccc4c(c3)OCO4)CC2)cc1-c1ccc(C(N)=O)cc1.[HH]. The molecule has 3 N–H and O–H groups in total. The third-order valence-corrected chi connectivity index (χ3v) is 6.05. The van der Waals surface area contributed by atoms with Crippen LogP contribution in [0.5, 0.6) is 17.2 Å². The van der Waals surface area contributed by atoms with Crippen molar-refractivity contribution < 1.29 is 25.2 Å². The van der Waals surface area contributed by atoms with Gasteiger partial charge in [0, 0.05) is 18.2 Å². The van der Waals surface area contributed by atoms with Crippen molar-refractivity contribution in [2.24, 2.45) is 5.73 Å². The van der Waals surface area contributed by atoms with Crippen LogP contribution in [0, 0.1) is 0 Å². The molecule has 0 saturated heterocycles. The number of benzene rings is 3. The van der Waals surface area contributed by atoms with Gasteiger partial charge in [0.05, 0.1) is 12.5 Å². The van der Waals surface area contributed by atoms with Crippen molar-refractivity contribution in [1.82, 2.24) is 0 Å². The number of carbonyl (C=O) groups excluding carboxylic acids is 2. The molecule has 5 rings (SSSR count). The van der Waals surface area contributed by atoms with Crippen molar-refractivity contribution >= 4 is 17.5 Å². The molecule has 0 atom stereocenters. The predicted molar refractivity (Wildman–Crippen MR) is 121 cm³/mol. The number of anilines is 1. The van der Waals surface area contributed by atoms with Gasteiger partial charge in [-0.1, -0.05) is 18.2 Å². The highest BCUT2D eigenvalue weighted by Crippen LogP contribution is 2.51. The number of nitrogens with one attached hydrogen (secondary N) is 1. The lowest BCUT2D eigenvalue weighted by molar-refractivity contribution is -0.118. The first-order valence-electron chi connectivity index (χ1n) is 10.3. The molecule has 1 aliphatic heterocycles. The van der Waals surface area contributed by atoms with Gasteiger partial charge < -0.3 is 25.3 Å². The number of hydrogen-bond donors (Lipinski definition) is 2. The van der Waals surface area contributed by atoms with Crippen LogP contribution >= 0.6 is 0 Å². The molecule has 3 aromatic carbocycles. The molecule has 1 saturated carbocycles. The van der Waals surface area contributed by atoms with Crippen LogP contribution in [-0.2, 0) is 10.2 Å². The van der Waals surface area contributed by atoms with Crippen LogP contribution in [-0.4, -0.2) is 25.7 Å². The number of fused-ring (bicyclic) bond motifs is 1. The topological polar surface area (TPSA) is 99.9 Å². The zero-order valence-electron chi connectivity index (χ0n) is 17.5. The van der Waals surface area contributed by atoms with E-state index >= 15 is 0 Å². The Bertz CT molecular complexity index is 1220. The van der Waals surface area contributed by atoms with E-state index in [1.54, 1.807) is 31.4 Å². The van der Waals surface area contributed by atoms with Crippen molar-refractivity contribution in [3.8, 4) is 28.4 Å². The Kier molecular flexibility index (Phi) is 4.74. The van der Waals surface area contributed by atoms with Crippen molar-refractivity contribution in [2.75, 3.05) is 19.2 Å². The molecule has 164 valence electrons. The maximum atomic E-state index is 13.3. The second-order valence-corrected chi connectivity index (χ2v) is 7.96. The third-order valence-electron chi connectivity index (χ3n) is 6.05. The van der Waals surface area contributed by atoms with Crippen LogP contribution in [0.15, 0.2) is 60.7 Å². The molecule has 0 bridgehead atoms. The summed E-state index contributed by atoms with van der Waals surface area (Å²) in [4.78, 5) is 24.6. The first-order valence-corrected chi connectivity index (χ1v) is 10.3. The Hall–Kier alpha value is -4.00. The summed E-state index contributed by atoms with van der Waals surface area (Å²) >= 11 is 0. The molecule has 32 heavy (non-hydrogen) atoms. The largest absolute Gasteiger partial charge is 0.496 e. The lowest BCUT2D eigenvalue weighted by Gasteiger charge is -2.17. The zero-order chi connectivity index (χ0) is 22.3. The second kappa shape index (κ2) is 7.60. The van der Waals surface area contributed by atoms with Crippen molar-refractivity contribution in [2.45, 2.75) is 18.3 Å². The summed E-state index contributed by atoms with van der Waals surface area (Å²) in [6.45, 7) is 0.201. The van der Waals surface area contributed by atoms with Gasteiger partial charge >= 0.3 is 0 Å². The summed E-state index contributed by atoms with van der Waals surface area (Å²) in [7, 11) is 1.59. The van der Waals surface area contributed by atoms with E-state index in [0.717, 1.165) is 29.5 Å². The molecule has 7 nitrogen and oxygen atoms in total. The Morgan fingerprint density at radius 2 is 1.75 bits per heavy atom. The minimum Gasteiger partial charge on any atom is -0.496 e. The van der Waals surface area contributed by atoms with Gasteiger partial charge in [0.15, 0.2) is 11.5 Å². The van der Waals surface area contributed by atoms with Crippen LogP contribution in [0.1, 0.15) is 30.2 Å². The molecule has 3 aromatic rings. The molecular formula is C25H24N2O5. The monoisotopic (exact) mass is 432 g/mol. The Morgan fingerprint density at radius 3 is 2.44 bits per heavy atom. The summed E-state index contributed by atoms with van der Waals surface area (Å²) < 4.78 is 16.4. The average molecular weight is 432 g/mol. The van der Waals surface area contributed by atoms with Crippen molar-refractivity contribution in [3.05, 3.63) is 71.8 Å². The number of methoxy groups -OCH3 is 1. The molecule has 0 spiro atoms. The highest BCUT2D eigenvalue weighted by Gasteiger charge is 2.51. The molecule has 1 fully saturated rings. The summed E-state index contributed by atoms with van der Waals surface area (Å²) in [5.74, 6) is 1.49. The van der Waals surface area contributed by atoms with Crippen LogP contribution in [0.25, 0.3) is 11.1 Å².